The zero-order valence-corrected chi connectivity index (χ0v) is 12.9. The van der Waals surface area contributed by atoms with E-state index in [2.05, 4.69) is 22.5 Å². The van der Waals surface area contributed by atoms with Crippen LogP contribution in [0.15, 0.2) is 24.3 Å². The minimum Gasteiger partial charge on any atom is -0.485 e. The van der Waals surface area contributed by atoms with Gasteiger partial charge in [0.25, 0.3) is 5.91 Å². The van der Waals surface area contributed by atoms with Gasteiger partial charge in [-0.1, -0.05) is 19.1 Å². The summed E-state index contributed by atoms with van der Waals surface area (Å²) in [5.74, 6) is 1.21. The Bertz CT molecular complexity index is 517. The molecule has 120 valence electrons. The van der Waals surface area contributed by atoms with Crippen molar-refractivity contribution in [1.29, 1.82) is 0 Å². The molecule has 0 spiro atoms. The standard InChI is InChI=1S/C16H23N3O3/c1-2-15(19-9-7-17-8-10-19)18-16(20)14-11-21-12-5-3-4-6-13(12)22-14/h3-6,14-15,17H,2,7-11H2,1H3,(H,18,20). The molecule has 0 bridgehead atoms. The molecule has 0 saturated carbocycles. The zero-order valence-electron chi connectivity index (χ0n) is 12.9. The Hall–Kier alpha value is -1.79. The van der Waals surface area contributed by atoms with E-state index in [4.69, 9.17) is 9.47 Å². The lowest BCUT2D eigenvalue weighted by molar-refractivity contribution is -0.132. The monoisotopic (exact) mass is 305 g/mol. The number of amides is 1. The fraction of sp³-hybridized carbons (Fsp3) is 0.562. The number of carbonyl (C=O) groups is 1. The summed E-state index contributed by atoms with van der Waals surface area (Å²) in [6.07, 6.45) is 0.331. The summed E-state index contributed by atoms with van der Waals surface area (Å²) in [4.78, 5) is 14.8. The van der Waals surface area contributed by atoms with Gasteiger partial charge in [-0.05, 0) is 18.6 Å². The van der Waals surface area contributed by atoms with Crippen molar-refractivity contribution in [3.63, 3.8) is 0 Å². The predicted octanol–water partition coefficient (Wildman–Crippen LogP) is 0.584. The first-order chi connectivity index (χ1) is 10.8. The van der Waals surface area contributed by atoms with Crippen LogP contribution in [0, 0.1) is 0 Å². The van der Waals surface area contributed by atoms with E-state index in [1.165, 1.54) is 0 Å². The van der Waals surface area contributed by atoms with Gasteiger partial charge in [0.15, 0.2) is 11.5 Å². The van der Waals surface area contributed by atoms with Crippen LogP contribution in [-0.2, 0) is 4.79 Å². The fourth-order valence-electron chi connectivity index (χ4n) is 2.85. The Balaban J connectivity index is 1.59. The molecule has 2 aliphatic rings. The number of ether oxygens (including phenoxy) is 2. The molecular formula is C16H23N3O3. The number of nitrogens with one attached hydrogen (secondary N) is 2. The van der Waals surface area contributed by atoms with Gasteiger partial charge in [0.1, 0.15) is 6.61 Å². The van der Waals surface area contributed by atoms with Gasteiger partial charge in [0.05, 0.1) is 6.17 Å². The van der Waals surface area contributed by atoms with Crippen molar-refractivity contribution < 1.29 is 14.3 Å². The topological polar surface area (TPSA) is 62.8 Å². The molecule has 22 heavy (non-hydrogen) atoms. The summed E-state index contributed by atoms with van der Waals surface area (Å²) >= 11 is 0. The van der Waals surface area contributed by atoms with Gasteiger partial charge in [-0.2, -0.15) is 0 Å². The third-order valence-electron chi connectivity index (χ3n) is 4.09. The molecule has 1 saturated heterocycles. The lowest BCUT2D eigenvalue weighted by atomic mass is 10.2. The van der Waals surface area contributed by atoms with Crippen LogP contribution in [-0.4, -0.2) is 55.9 Å². The number of hydrogen-bond donors (Lipinski definition) is 2. The largest absolute Gasteiger partial charge is 0.485 e. The minimum absolute atomic E-state index is 0.0513. The fourth-order valence-corrected chi connectivity index (χ4v) is 2.85. The average Bonchev–Trinajstić information content (AvgIpc) is 2.59. The number of hydrogen-bond acceptors (Lipinski definition) is 5. The van der Waals surface area contributed by atoms with Gasteiger partial charge in [-0.15, -0.1) is 0 Å². The molecule has 1 fully saturated rings. The van der Waals surface area contributed by atoms with E-state index in [9.17, 15) is 4.79 Å². The van der Waals surface area contributed by atoms with Crippen LogP contribution in [0.3, 0.4) is 0 Å². The van der Waals surface area contributed by atoms with E-state index >= 15 is 0 Å². The summed E-state index contributed by atoms with van der Waals surface area (Å²) in [5.41, 5.74) is 0. The number of para-hydroxylation sites is 2. The van der Waals surface area contributed by atoms with E-state index in [1.54, 1.807) is 0 Å². The molecule has 0 aliphatic carbocycles. The van der Waals surface area contributed by atoms with Crippen molar-refractivity contribution in [1.82, 2.24) is 15.5 Å². The van der Waals surface area contributed by atoms with Crippen molar-refractivity contribution in [2.75, 3.05) is 32.8 Å². The molecule has 0 aromatic heterocycles. The molecule has 6 heteroatoms. The third-order valence-corrected chi connectivity index (χ3v) is 4.09. The third kappa shape index (κ3) is 3.34. The molecule has 2 aliphatic heterocycles. The van der Waals surface area contributed by atoms with Gasteiger partial charge in [0.2, 0.25) is 6.10 Å². The first-order valence-corrected chi connectivity index (χ1v) is 7.91. The van der Waals surface area contributed by atoms with Crippen LogP contribution in [0.25, 0.3) is 0 Å². The van der Waals surface area contributed by atoms with Crippen molar-refractivity contribution in [2.24, 2.45) is 0 Å². The van der Waals surface area contributed by atoms with Crippen molar-refractivity contribution in [3.05, 3.63) is 24.3 Å². The molecule has 2 heterocycles. The molecule has 2 unspecified atom stereocenters. The average molecular weight is 305 g/mol. The number of nitrogens with zero attached hydrogens (tertiary/aromatic N) is 1. The predicted molar refractivity (Wildman–Crippen MR) is 83.0 cm³/mol. The highest BCUT2D eigenvalue weighted by molar-refractivity contribution is 5.82. The Kier molecular flexibility index (Phi) is 4.80. The van der Waals surface area contributed by atoms with Gasteiger partial charge < -0.3 is 20.1 Å². The number of fused-ring (bicyclic) bond motifs is 1. The molecular weight excluding hydrogens is 282 g/mol. The lowest BCUT2D eigenvalue weighted by Gasteiger charge is -2.36. The van der Waals surface area contributed by atoms with E-state index in [0.29, 0.717) is 11.5 Å². The van der Waals surface area contributed by atoms with E-state index < -0.39 is 6.10 Å². The molecule has 1 aromatic carbocycles. The maximum Gasteiger partial charge on any atom is 0.265 e. The smallest absolute Gasteiger partial charge is 0.265 e. The Labute approximate surface area is 130 Å². The lowest BCUT2D eigenvalue weighted by Crippen LogP contribution is -2.57. The molecule has 2 N–H and O–H groups in total. The van der Waals surface area contributed by atoms with Crippen LogP contribution in [0.5, 0.6) is 11.5 Å². The second-order valence-electron chi connectivity index (χ2n) is 5.58. The van der Waals surface area contributed by atoms with E-state index in [-0.39, 0.29) is 18.7 Å². The quantitative estimate of drug-likeness (QED) is 0.852. The van der Waals surface area contributed by atoms with Crippen LogP contribution < -0.4 is 20.1 Å². The SMILES string of the molecule is CCC(NC(=O)C1COc2ccccc2O1)N1CCNCC1. The highest BCUT2D eigenvalue weighted by Gasteiger charge is 2.30. The Morgan fingerprint density at radius 2 is 2.09 bits per heavy atom. The molecule has 0 radical (unpaired) electrons. The highest BCUT2D eigenvalue weighted by atomic mass is 16.6. The minimum atomic E-state index is -0.591. The molecule has 2 atom stereocenters. The van der Waals surface area contributed by atoms with Crippen molar-refractivity contribution >= 4 is 5.91 Å². The molecule has 1 amide bonds. The van der Waals surface area contributed by atoms with Gasteiger partial charge in [-0.25, -0.2) is 0 Å². The number of carbonyl (C=O) groups excluding carboxylic acids is 1. The summed E-state index contributed by atoms with van der Waals surface area (Å²) in [7, 11) is 0. The van der Waals surface area contributed by atoms with Crippen LogP contribution in [0.2, 0.25) is 0 Å². The highest BCUT2D eigenvalue weighted by Crippen LogP contribution is 2.30. The van der Waals surface area contributed by atoms with Crippen LogP contribution in [0.4, 0.5) is 0 Å². The van der Waals surface area contributed by atoms with Gasteiger partial charge in [-0.3, -0.25) is 9.69 Å². The number of rotatable bonds is 4. The normalized spacial score (nSPS) is 22.9. The maximum atomic E-state index is 12.5. The van der Waals surface area contributed by atoms with Crippen molar-refractivity contribution in [3.8, 4) is 11.5 Å². The van der Waals surface area contributed by atoms with Gasteiger partial charge >= 0.3 is 0 Å². The second kappa shape index (κ2) is 6.98. The maximum absolute atomic E-state index is 12.5. The summed E-state index contributed by atoms with van der Waals surface area (Å²) in [6, 6.07) is 7.43. The molecule has 6 nitrogen and oxygen atoms in total. The summed E-state index contributed by atoms with van der Waals surface area (Å²) < 4.78 is 11.4. The first kappa shape index (κ1) is 15.1. The number of benzene rings is 1. The summed E-state index contributed by atoms with van der Waals surface area (Å²) in [6.45, 7) is 6.15. The van der Waals surface area contributed by atoms with E-state index in [0.717, 1.165) is 32.6 Å². The summed E-state index contributed by atoms with van der Waals surface area (Å²) in [5, 5.41) is 6.41. The second-order valence-corrected chi connectivity index (χ2v) is 5.58. The zero-order chi connectivity index (χ0) is 15.4. The molecule has 3 rings (SSSR count). The molecule has 1 aromatic rings. The van der Waals surface area contributed by atoms with E-state index in [1.807, 2.05) is 24.3 Å². The van der Waals surface area contributed by atoms with Crippen molar-refractivity contribution in [2.45, 2.75) is 25.6 Å². The first-order valence-electron chi connectivity index (χ1n) is 7.91. The van der Waals surface area contributed by atoms with Crippen LogP contribution >= 0.6 is 0 Å². The number of piperazine rings is 1. The van der Waals surface area contributed by atoms with Crippen LogP contribution in [0.1, 0.15) is 13.3 Å². The Morgan fingerprint density at radius 1 is 1.36 bits per heavy atom. The Morgan fingerprint density at radius 3 is 2.82 bits per heavy atom. The van der Waals surface area contributed by atoms with Gasteiger partial charge in [0, 0.05) is 26.2 Å².